The highest BCUT2D eigenvalue weighted by Crippen LogP contribution is 2.40. The standard InChI is InChI=1S/C11H11ClO2/c1-11(2)5-8-9(12)4-3-7(6-13)10(8)14-11/h3-4,6H,5H2,1-2H3. The first-order chi connectivity index (χ1) is 6.53. The highest BCUT2D eigenvalue weighted by Gasteiger charge is 2.33. The number of ether oxygens (including phenoxy) is 1. The van der Waals surface area contributed by atoms with E-state index in [1.54, 1.807) is 12.1 Å². The molecule has 1 aliphatic rings. The third-order valence-electron chi connectivity index (χ3n) is 2.34. The van der Waals surface area contributed by atoms with E-state index in [9.17, 15) is 4.79 Å². The molecule has 0 aromatic heterocycles. The van der Waals surface area contributed by atoms with E-state index in [1.165, 1.54) is 0 Å². The molecule has 1 aromatic rings. The van der Waals surface area contributed by atoms with Crippen molar-refractivity contribution < 1.29 is 9.53 Å². The molecule has 1 aliphatic heterocycles. The first-order valence-electron chi connectivity index (χ1n) is 4.49. The molecule has 0 fully saturated rings. The normalized spacial score (nSPS) is 17.4. The second-order valence-electron chi connectivity index (χ2n) is 4.10. The van der Waals surface area contributed by atoms with E-state index in [4.69, 9.17) is 16.3 Å². The molecule has 0 spiro atoms. The smallest absolute Gasteiger partial charge is 0.153 e. The van der Waals surface area contributed by atoms with Crippen LogP contribution in [0, 0.1) is 0 Å². The molecule has 0 N–H and O–H groups in total. The van der Waals surface area contributed by atoms with Crippen molar-refractivity contribution in [2.75, 3.05) is 0 Å². The summed E-state index contributed by atoms with van der Waals surface area (Å²) in [6, 6.07) is 3.43. The molecule has 0 unspecified atom stereocenters. The maximum Gasteiger partial charge on any atom is 0.153 e. The van der Waals surface area contributed by atoms with Gasteiger partial charge in [-0.3, -0.25) is 4.79 Å². The number of fused-ring (bicyclic) bond motifs is 1. The Morgan fingerprint density at radius 1 is 1.50 bits per heavy atom. The summed E-state index contributed by atoms with van der Waals surface area (Å²) in [7, 11) is 0. The summed E-state index contributed by atoms with van der Waals surface area (Å²) in [5.74, 6) is 0.650. The number of carbonyl (C=O) groups excluding carboxylic acids is 1. The van der Waals surface area contributed by atoms with E-state index in [2.05, 4.69) is 0 Å². The predicted molar refractivity (Wildman–Crippen MR) is 55.3 cm³/mol. The number of rotatable bonds is 1. The van der Waals surface area contributed by atoms with Crippen LogP contribution in [0.2, 0.25) is 5.02 Å². The summed E-state index contributed by atoms with van der Waals surface area (Å²) in [5.41, 5.74) is 1.27. The Kier molecular flexibility index (Phi) is 2.04. The average Bonchev–Trinajstić information content (AvgIpc) is 2.42. The van der Waals surface area contributed by atoms with Crippen LogP contribution in [-0.2, 0) is 6.42 Å². The van der Waals surface area contributed by atoms with Crippen LogP contribution in [0.3, 0.4) is 0 Å². The minimum Gasteiger partial charge on any atom is -0.486 e. The summed E-state index contributed by atoms with van der Waals surface area (Å²) in [6.45, 7) is 3.97. The van der Waals surface area contributed by atoms with Gasteiger partial charge in [0.2, 0.25) is 0 Å². The summed E-state index contributed by atoms with van der Waals surface area (Å²) in [6.07, 6.45) is 1.55. The van der Waals surface area contributed by atoms with Crippen molar-refractivity contribution in [2.24, 2.45) is 0 Å². The van der Waals surface area contributed by atoms with Gasteiger partial charge >= 0.3 is 0 Å². The third kappa shape index (κ3) is 1.40. The number of hydrogen-bond donors (Lipinski definition) is 0. The van der Waals surface area contributed by atoms with Crippen LogP contribution in [0.5, 0.6) is 5.75 Å². The van der Waals surface area contributed by atoms with Gasteiger partial charge < -0.3 is 4.74 Å². The van der Waals surface area contributed by atoms with Crippen LogP contribution in [0.15, 0.2) is 12.1 Å². The molecule has 0 radical (unpaired) electrons. The van der Waals surface area contributed by atoms with E-state index in [0.29, 0.717) is 16.3 Å². The van der Waals surface area contributed by atoms with E-state index >= 15 is 0 Å². The molecule has 0 atom stereocenters. The molecule has 14 heavy (non-hydrogen) atoms. The van der Waals surface area contributed by atoms with Crippen molar-refractivity contribution in [1.82, 2.24) is 0 Å². The van der Waals surface area contributed by atoms with Gasteiger partial charge in [-0.05, 0) is 26.0 Å². The van der Waals surface area contributed by atoms with Crippen molar-refractivity contribution in [1.29, 1.82) is 0 Å². The molecule has 74 valence electrons. The highest BCUT2D eigenvalue weighted by atomic mass is 35.5. The van der Waals surface area contributed by atoms with Gasteiger partial charge in [-0.1, -0.05) is 11.6 Å². The number of hydrogen-bond acceptors (Lipinski definition) is 2. The lowest BCUT2D eigenvalue weighted by Gasteiger charge is -2.17. The molecule has 1 aromatic carbocycles. The summed E-state index contributed by atoms with van der Waals surface area (Å²) >= 11 is 6.03. The molecule has 0 saturated heterocycles. The second kappa shape index (κ2) is 2.99. The number of benzene rings is 1. The van der Waals surface area contributed by atoms with Crippen LogP contribution in [0.25, 0.3) is 0 Å². The van der Waals surface area contributed by atoms with Gasteiger partial charge in [-0.15, -0.1) is 0 Å². The molecule has 3 heteroatoms. The first kappa shape index (κ1) is 9.53. The lowest BCUT2D eigenvalue weighted by Crippen LogP contribution is -2.24. The molecule has 0 amide bonds. The fourth-order valence-corrected chi connectivity index (χ4v) is 1.95. The lowest BCUT2D eigenvalue weighted by atomic mass is 10.0. The Bertz CT molecular complexity index is 397. The zero-order valence-corrected chi connectivity index (χ0v) is 8.89. The van der Waals surface area contributed by atoms with Crippen molar-refractivity contribution in [3.05, 3.63) is 28.3 Å². The van der Waals surface area contributed by atoms with Gasteiger partial charge in [0.15, 0.2) is 6.29 Å². The van der Waals surface area contributed by atoms with Crippen LogP contribution >= 0.6 is 11.6 Å². The van der Waals surface area contributed by atoms with Gasteiger partial charge in [0.05, 0.1) is 5.56 Å². The molecule has 2 rings (SSSR count). The van der Waals surface area contributed by atoms with Crippen molar-refractivity contribution in [3.8, 4) is 5.75 Å². The molecule has 0 saturated carbocycles. The SMILES string of the molecule is CC1(C)Cc2c(Cl)ccc(C=O)c2O1. The zero-order chi connectivity index (χ0) is 10.3. The van der Waals surface area contributed by atoms with E-state index < -0.39 is 0 Å². The Morgan fingerprint density at radius 3 is 2.86 bits per heavy atom. The van der Waals surface area contributed by atoms with Gasteiger partial charge in [-0.25, -0.2) is 0 Å². The van der Waals surface area contributed by atoms with Crippen molar-refractivity contribution in [3.63, 3.8) is 0 Å². The Labute approximate surface area is 87.8 Å². The Hall–Kier alpha value is -1.02. The monoisotopic (exact) mass is 210 g/mol. The summed E-state index contributed by atoms with van der Waals surface area (Å²) in [4.78, 5) is 10.8. The van der Waals surface area contributed by atoms with Gasteiger partial charge in [0, 0.05) is 17.0 Å². The molecular formula is C11H11ClO2. The fraction of sp³-hybridized carbons (Fsp3) is 0.364. The fourth-order valence-electron chi connectivity index (χ4n) is 1.74. The van der Waals surface area contributed by atoms with Gasteiger partial charge in [0.1, 0.15) is 11.4 Å². The Balaban J connectivity index is 2.58. The maximum absolute atomic E-state index is 10.8. The summed E-state index contributed by atoms with van der Waals surface area (Å²) < 4.78 is 5.68. The number of carbonyl (C=O) groups is 1. The molecule has 0 bridgehead atoms. The molecule has 0 aliphatic carbocycles. The van der Waals surface area contributed by atoms with Crippen LogP contribution in [0.4, 0.5) is 0 Å². The maximum atomic E-state index is 10.8. The van der Waals surface area contributed by atoms with E-state index in [-0.39, 0.29) is 5.60 Å². The quantitative estimate of drug-likeness (QED) is 0.667. The Morgan fingerprint density at radius 2 is 2.21 bits per heavy atom. The van der Waals surface area contributed by atoms with Crippen molar-refractivity contribution in [2.45, 2.75) is 25.9 Å². The van der Waals surface area contributed by atoms with E-state index in [1.807, 2.05) is 13.8 Å². The topological polar surface area (TPSA) is 26.3 Å². The van der Waals surface area contributed by atoms with Gasteiger partial charge in [0.25, 0.3) is 0 Å². The lowest BCUT2D eigenvalue weighted by molar-refractivity contribution is 0.110. The largest absolute Gasteiger partial charge is 0.486 e. The van der Waals surface area contributed by atoms with Crippen LogP contribution in [0.1, 0.15) is 29.8 Å². The van der Waals surface area contributed by atoms with Crippen LogP contribution < -0.4 is 4.74 Å². The highest BCUT2D eigenvalue weighted by molar-refractivity contribution is 6.31. The second-order valence-corrected chi connectivity index (χ2v) is 4.51. The first-order valence-corrected chi connectivity index (χ1v) is 4.87. The van der Waals surface area contributed by atoms with Crippen molar-refractivity contribution >= 4 is 17.9 Å². The minimum atomic E-state index is -0.259. The number of aldehydes is 1. The van der Waals surface area contributed by atoms with Crippen LogP contribution in [-0.4, -0.2) is 11.9 Å². The van der Waals surface area contributed by atoms with Gasteiger partial charge in [-0.2, -0.15) is 0 Å². The molecule has 2 nitrogen and oxygen atoms in total. The molecule has 1 heterocycles. The average molecular weight is 211 g/mol. The predicted octanol–water partition coefficient (Wildman–Crippen LogP) is 2.87. The minimum absolute atomic E-state index is 0.259. The van der Waals surface area contributed by atoms with E-state index in [0.717, 1.165) is 18.3 Å². The third-order valence-corrected chi connectivity index (χ3v) is 2.70. The summed E-state index contributed by atoms with van der Waals surface area (Å²) in [5, 5.41) is 0.677. The molecular weight excluding hydrogens is 200 g/mol. The zero-order valence-electron chi connectivity index (χ0n) is 8.13. The number of halogens is 1.